The molecule has 0 N–H and O–H groups in total. The van der Waals surface area contributed by atoms with E-state index in [2.05, 4.69) is 20.8 Å². The number of benzene rings is 1. The van der Waals surface area contributed by atoms with Crippen molar-refractivity contribution in [1.82, 2.24) is 4.57 Å². The Kier molecular flexibility index (Phi) is 5.47. The lowest BCUT2D eigenvalue weighted by Crippen LogP contribution is -2.33. The van der Waals surface area contributed by atoms with Gasteiger partial charge in [-0.05, 0) is 44.7 Å². The highest BCUT2D eigenvalue weighted by atomic mass is 16.5. The highest BCUT2D eigenvalue weighted by Crippen LogP contribution is 2.35. The first-order valence-electron chi connectivity index (χ1n) is 8.78. The summed E-state index contributed by atoms with van der Waals surface area (Å²) in [6.07, 6.45) is 4.18. The standard InChI is InChI=1S/C20H27NO3/c1-6-20(7-2,8-3)19(23)21-13-14(5)15-11-10-12-16(17(15)21)18(22)24-9-4/h10-13H,6-9H2,1-5H3. The molecular weight excluding hydrogens is 302 g/mol. The molecule has 0 saturated heterocycles. The van der Waals surface area contributed by atoms with Gasteiger partial charge in [-0.3, -0.25) is 9.36 Å². The number of esters is 1. The van der Waals surface area contributed by atoms with Gasteiger partial charge >= 0.3 is 5.97 Å². The van der Waals surface area contributed by atoms with E-state index in [4.69, 9.17) is 4.74 Å². The minimum absolute atomic E-state index is 0.0600. The predicted octanol–water partition coefficient (Wildman–Crippen LogP) is 4.98. The summed E-state index contributed by atoms with van der Waals surface area (Å²) < 4.78 is 6.86. The second kappa shape index (κ2) is 7.20. The lowest BCUT2D eigenvalue weighted by molar-refractivity contribution is 0.0528. The second-order valence-electron chi connectivity index (χ2n) is 6.25. The van der Waals surface area contributed by atoms with E-state index < -0.39 is 5.41 Å². The van der Waals surface area contributed by atoms with Gasteiger partial charge in [0.1, 0.15) is 0 Å². The van der Waals surface area contributed by atoms with Crippen LogP contribution >= 0.6 is 0 Å². The quantitative estimate of drug-likeness (QED) is 0.702. The number of carbonyl (C=O) groups excluding carboxylic acids is 2. The minimum Gasteiger partial charge on any atom is -0.462 e. The van der Waals surface area contributed by atoms with E-state index in [-0.39, 0.29) is 11.9 Å². The number of ether oxygens (including phenoxy) is 1. The Bertz CT molecular complexity index is 745. The Morgan fingerprint density at radius 2 is 1.71 bits per heavy atom. The van der Waals surface area contributed by atoms with E-state index in [1.807, 2.05) is 25.3 Å². The highest BCUT2D eigenvalue weighted by molar-refractivity contribution is 6.08. The van der Waals surface area contributed by atoms with Crippen LogP contribution in [0.3, 0.4) is 0 Å². The van der Waals surface area contributed by atoms with Gasteiger partial charge in [0, 0.05) is 17.0 Å². The third kappa shape index (κ3) is 2.85. The van der Waals surface area contributed by atoms with Crippen LogP contribution < -0.4 is 0 Å². The summed E-state index contributed by atoms with van der Waals surface area (Å²) in [5.74, 6) is -0.324. The molecule has 0 unspecified atom stereocenters. The molecule has 1 aromatic carbocycles. The van der Waals surface area contributed by atoms with Crippen molar-refractivity contribution in [2.75, 3.05) is 6.61 Å². The Morgan fingerprint density at radius 1 is 1.08 bits per heavy atom. The molecule has 0 saturated carbocycles. The molecular formula is C20H27NO3. The summed E-state index contributed by atoms with van der Waals surface area (Å²) >= 11 is 0. The van der Waals surface area contributed by atoms with Gasteiger partial charge in [-0.1, -0.05) is 32.9 Å². The van der Waals surface area contributed by atoms with Gasteiger partial charge < -0.3 is 4.74 Å². The zero-order chi connectivity index (χ0) is 17.9. The number of fused-ring (bicyclic) bond motifs is 1. The fourth-order valence-electron chi connectivity index (χ4n) is 3.44. The first-order chi connectivity index (χ1) is 11.5. The van der Waals surface area contributed by atoms with Crippen molar-refractivity contribution in [3.8, 4) is 0 Å². The number of hydrogen-bond acceptors (Lipinski definition) is 3. The lowest BCUT2D eigenvalue weighted by Gasteiger charge is -2.29. The van der Waals surface area contributed by atoms with Crippen LogP contribution in [0.2, 0.25) is 0 Å². The molecule has 4 heteroatoms. The van der Waals surface area contributed by atoms with Gasteiger partial charge in [0.25, 0.3) is 0 Å². The third-order valence-electron chi connectivity index (χ3n) is 5.22. The highest BCUT2D eigenvalue weighted by Gasteiger charge is 2.35. The fourth-order valence-corrected chi connectivity index (χ4v) is 3.44. The largest absolute Gasteiger partial charge is 0.462 e. The molecule has 4 nitrogen and oxygen atoms in total. The average molecular weight is 329 g/mol. The smallest absolute Gasteiger partial charge is 0.340 e. The fraction of sp³-hybridized carbons (Fsp3) is 0.500. The molecule has 2 aromatic rings. The van der Waals surface area contributed by atoms with Gasteiger partial charge in [-0.15, -0.1) is 0 Å². The number of carbonyl (C=O) groups is 2. The van der Waals surface area contributed by atoms with E-state index >= 15 is 0 Å². The van der Waals surface area contributed by atoms with Crippen molar-refractivity contribution < 1.29 is 14.3 Å². The normalized spacial score (nSPS) is 11.7. The van der Waals surface area contributed by atoms with Gasteiger partial charge in [-0.25, -0.2) is 4.79 Å². The number of rotatable bonds is 6. The van der Waals surface area contributed by atoms with Crippen LogP contribution in [0.15, 0.2) is 24.4 Å². The summed E-state index contributed by atoms with van der Waals surface area (Å²) in [7, 11) is 0. The molecule has 0 radical (unpaired) electrons. The van der Waals surface area contributed by atoms with Crippen LogP contribution in [-0.2, 0) is 4.74 Å². The van der Waals surface area contributed by atoms with Crippen molar-refractivity contribution in [1.29, 1.82) is 0 Å². The maximum atomic E-state index is 13.3. The summed E-state index contributed by atoms with van der Waals surface area (Å²) in [5.41, 5.74) is 1.70. The maximum absolute atomic E-state index is 13.3. The van der Waals surface area contributed by atoms with Gasteiger partial charge in [0.15, 0.2) is 0 Å². The molecule has 0 fully saturated rings. The van der Waals surface area contributed by atoms with E-state index in [1.165, 1.54) is 0 Å². The number of para-hydroxylation sites is 1. The molecule has 0 atom stereocenters. The zero-order valence-corrected chi connectivity index (χ0v) is 15.3. The van der Waals surface area contributed by atoms with Crippen LogP contribution in [0.4, 0.5) is 0 Å². The summed E-state index contributed by atoms with van der Waals surface area (Å²) in [6.45, 7) is 10.2. The summed E-state index contributed by atoms with van der Waals surface area (Å²) in [4.78, 5) is 25.7. The second-order valence-corrected chi connectivity index (χ2v) is 6.25. The van der Waals surface area contributed by atoms with Crippen LogP contribution in [-0.4, -0.2) is 23.1 Å². The Balaban J connectivity index is 2.71. The predicted molar refractivity (Wildman–Crippen MR) is 96.6 cm³/mol. The zero-order valence-electron chi connectivity index (χ0n) is 15.3. The third-order valence-corrected chi connectivity index (χ3v) is 5.22. The Labute approximate surface area is 143 Å². The number of aryl methyl sites for hydroxylation is 1. The van der Waals surface area contributed by atoms with E-state index in [9.17, 15) is 9.59 Å². The monoisotopic (exact) mass is 329 g/mol. The first-order valence-corrected chi connectivity index (χ1v) is 8.78. The van der Waals surface area contributed by atoms with Crippen molar-refractivity contribution in [3.05, 3.63) is 35.5 Å². The van der Waals surface area contributed by atoms with Gasteiger partial charge in [0.05, 0.1) is 17.7 Å². The summed E-state index contributed by atoms with van der Waals surface area (Å²) in [6, 6.07) is 5.51. The molecule has 24 heavy (non-hydrogen) atoms. The SMILES string of the molecule is CCOC(=O)c1cccc2c(C)cn(C(=O)C(CC)(CC)CC)c12. The first kappa shape index (κ1) is 18.2. The molecule has 0 bridgehead atoms. The molecule has 2 rings (SSSR count). The molecule has 0 aliphatic heterocycles. The topological polar surface area (TPSA) is 48.3 Å². The van der Waals surface area contributed by atoms with Crippen LogP contribution in [0.5, 0.6) is 0 Å². The van der Waals surface area contributed by atoms with Crippen molar-refractivity contribution >= 4 is 22.8 Å². The Hall–Kier alpha value is -2.10. The van der Waals surface area contributed by atoms with Crippen molar-refractivity contribution in [3.63, 3.8) is 0 Å². The molecule has 0 aliphatic rings. The lowest BCUT2D eigenvalue weighted by atomic mass is 9.79. The molecule has 130 valence electrons. The van der Waals surface area contributed by atoms with Gasteiger partial charge in [0.2, 0.25) is 5.91 Å². The van der Waals surface area contributed by atoms with Crippen molar-refractivity contribution in [2.45, 2.75) is 53.9 Å². The molecule has 0 aliphatic carbocycles. The average Bonchev–Trinajstić information content (AvgIpc) is 2.94. The minimum atomic E-state index is -0.403. The Morgan fingerprint density at radius 3 is 2.25 bits per heavy atom. The number of nitrogens with zero attached hydrogens (tertiary/aromatic N) is 1. The van der Waals surface area contributed by atoms with Crippen LogP contribution in [0.1, 0.15) is 67.7 Å². The number of aromatic nitrogens is 1. The number of hydrogen-bond donors (Lipinski definition) is 0. The van der Waals surface area contributed by atoms with Crippen molar-refractivity contribution in [2.24, 2.45) is 5.41 Å². The maximum Gasteiger partial charge on any atom is 0.340 e. The van der Waals surface area contributed by atoms with Gasteiger partial charge in [-0.2, -0.15) is 0 Å². The summed E-state index contributed by atoms with van der Waals surface area (Å²) in [5, 5.41) is 0.922. The van der Waals surface area contributed by atoms with E-state index in [0.717, 1.165) is 30.2 Å². The molecule has 0 spiro atoms. The van der Waals surface area contributed by atoms with E-state index in [0.29, 0.717) is 17.7 Å². The van der Waals surface area contributed by atoms with Crippen LogP contribution in [0, 0.1) is 12.3 Å². The molecule has 1 heterocycles. The molecule has 1 aromatic heterocycles. The van der Waals surface area contributed by atoms with E-state index in [1.54, 1.807) is 17.6 Å². The van der Waals surface area contributed by atoms with Crippen LogP contribution in [0.25, 0.3) is 10.9 Å². The molecule has 0 amide bonds.